The van der Waals surface area contributed by atoms with Gasteiger partial charge in [0, 0.05) is 11.9 Å². The molecule has 3 rings (SSSR count). The number of fused-ring (bicyclic) bond motifs is 1. The summed E-state index contributed by atoms with van der Waals surface area (Å²) in [6.07, 6.45) is 2.93. The van der Waals surface area contributed by atoms with E-state index in [9.17, 15) is 4.79 Å². The van der Waals surface area contributed by atoms with Crippen LogP contribution in [0.1, 0.15) is 24.2 Å². The molecule has 0 bridgehead atoms. The lowest BCUT2D eigenvalue weighted by Gasteiger charge is -2.14. The number of nitrogens with one attached hydrogen (secondary N) is 1. The Kier molecular flexibility index (Phi) is 5.65. The molecule has 3 aromatic rings. The molecule has 0 unspecified atom stereocenters. The molecule has 0 radical (unpaired) electrons. The van der Waals surface area contributed by atoms with E-state index in [0.29, 0.717) is 29.3 Å². The van der Waals surface area contributed by atoms with Gasteiger partial charge in [0.05, 0.1) is 32.2 Å². The van der Waals surface area contributed by atoms with Crippen LogP contribution in [0, 0.1) is 0 Å². The van der Waals surface area contributed by atoms with Crippen LogP contribution in [-0.2, 0) is 4.74 Å². The van der Waals surface area contributed by atoms with E-state index in [-0.39, 0.29) is 12.2 Å². The quantitative estimate of drug-likeness (QED) is 0.634. The van der Waals surface area contributed by atoms with Crippen molar-refractivity contribution >= 4 is 28.5 Å². The molecular weight excluding hydrogens is 348 g/mol. The monoisotopic (exact) mass is 368 g/mol. The Hall–Kier alpha value is -3.42. The van der Waals surface area contributed by atoms with E-state index in [1.165, 1.54) is 12.4 Å². The van der Waals surface area contributed by atoms with Gasteiger partial charge in [0.25, 0.3) is 0 Å². The van der Waals surface area contributed by atoms with E-state index < -0.39 is 5.97 Å². The first-order chi connectivity index (χ1) is 13.2. The standard InChI is InChI=1S/C19H20N4O4/c1-4-26-15-11-20-17-16(22-12-6-8-13(25-3)9-7-12)14(19(24)27-5-2)10-21-18(17)23-15/h6-11H,4-5H2,1-3H3,(H,21,22,23). The minimum atomic E-state index is -0.487. The molecule has 2 heterocycles. The molecule has 0 aliphatic rings. The Morgan fingerprint density at radius 3 is 2.52 bits per heavy atom. The highest BCUT2D eigenvalue weighted by molar-refractivity contribution is 6.03. The number of pyridine rings is 1. The van der Waals surface area contributed by atoms with E-state index in [0.717, 1.165) is 11.4 Å². The van der Waals surface area contributed by atoms with Crippen molar-refractivity contribution in [3.05, 3.63) is 42.2 Å². The summed E-state index contributed by atoms with van der Waals surface area (Å²) >= 11 is 0. The van der Waals surface area contributed by atoms with Gasteiger partial charge >= 0.3 is 5.97 Å². The number of anilines is 2. The second kappa shape index (κ2) is 8.31. The summed E-state index contributed by atoms with van der Waals surface area (Å²) in [4.78, 5) is 25.3. The second-order valence-corrected chi connectivity index (χ2v) is 5.43. The number of hydrogen-bond donors (Lipinski definition) is 1. The largest absolute Gasteiger partial charge is 0.497 e. The Balaban J connectivity index is 2.08. The number of aromatic nitrogens is 3. The topological polar surface area (TPSA) is 95.5 Å². The molecule has 8 nitrogen and oxygen atoms in total. The van der Waals surface area contributed by atoms with Crippen molar-refractivity contribution in [3.8, 4) is 11.6 Å². The Bertz CT molecular complexity index is 944. The van der Waals surface area contributed by atoms with Gasteiger partial charge in [-0.2, -0.15) is 4.98 Å². The maximum Gasteiger partial charge on any atom is 0.341 e. The number of rotatable bonds is 7. The summed E-state index contributed by atoms with van der Waals surface area (Å²) in [7, 11) is 1.60. The molecule has 1 N–H and O–H groups in total. The fourth-order valence-corrected chi connectivity index (χ4v) is 2.47. The minimum Gasteiger partial charge on any atom is -0.497 e. The van der Waals surface area contributed by atoms with Crippen LogP contribution < -0.4 is 14.8 Å². The minimum absolute atomic E-state index is 0.258. The van der Waals surface area contributed by atoms with E-state index in [1.807, 2.05) is 31.2 Å². The number of ether oxygens (including phenoxy) is 3. The third-order valence-electron chi connectivity index (χ3n) is 3.70. The molecule has 0 aliphatic carbocycles. The third kappa shape index (κ3) is 4.05. The van der Waals surface area contributed by atoms with Crippen molar-refractivity contribution in [2.24, 2.45) is 0 Å². The summed E-state index contributed by atoms with van der Waals surface area (Å²) in [5.74, 6) is 0.613. The fourth-order valence-electron chi connectivity index (χ4n) is 2.47. The zero-order chi connectivity index (χ0) is 19.2. The van der Waals surface area contributed by atoms with Gasteiger partial charge < -0.3 is 19.5 Å². The predicted octanol–water partition coefficient (Wildman–Crippen LogP) is 3.35. The molecule has 140 valence electrons. The lowest BCUT2D eigenvalue weighted by Crippen LogP contribution is -2.10. The van der Waals surface area contributed by atoms with Gasteiger partial charge in [-0.05, 0) is 38.1 Å². The second-order valence-electron chi connectivity index (χ2n) is 5.43. The van der Waals surface area contributed by atoms with Crippen molar-refractivity contribution in [2.45, 2.75) is 13.8 Å². The van der Waals surface area contributed by atoms with Crippen molar-refractivity contribution in [3.63, 3.8) is 0 Å². The molecular formula is C19H20N4O4. The van der Waals surface area contributed by atoms with Gasteiger partial charge in [-0.3, -0.25) is 0 Å². The molecule has 0 fully saturated rings. The highest BCUT2D eigenvalue weighted by Crippen LogP contribution is 2.29. The van der Waals surface area contributed by atoms with E-state index in [1.54, 1.807) is 14.0 Å². The number of benzene rings is 1. The average molecular weight is 368 g/mol. The van der Waals surface area contributed by atoms with Gasteiger partial charge in [-0.25, -0.2) is 14.8 Å². The van der Waals surface area contributed by atoms with Crippen LogP contribution in [0.5, 0.6) is 11.6 Å². The molecule has 0 saturated heterocycles. The summed E-state index contributed by atoms with van der Waals surface area (Å²) in [5.41, 5.74) is 2.31. The molecule has 1 aromatic carbocycles. The average Bonchev–Trinajstić information content (AvgIpc) is 2.69. The van der Waals surface area contributed by atoms with Crippen molar-refractivity contribution in [1.29, 1.82) is 0 Å². The fraction of sp³-hybridized carbons (Fsp3) is 0.263. The van der Waals surface area contributed by atoms with Gasteiger partial charge in [-0.15, -0.1) is 0 Å². The van der Waals surface area contributed by atoms with Gasteiger partial charge in [-0.1, -0.05) is 0 Å². The summed E-state index contributed by atoms with van der Waals surface area (Å²) in [6.45, 7) is 4.34. The number of methoxy groups -OCH3 is 1. The number of hydrogen-bond acceptors (Lipinski definition) is 8. The summed E-state index contributed by atoms with van der Waals surface area (Å²) in [6, 6.07) is 7.30. The van der Waals surface area contributed by atoms with Gasteiger partial charge in [0.1, 0.15) is 16.8 Å². The maximum absolute atomic E-state index is 12.4. The lowest BCUT2D eigenvalue weighted by atomic mass is 10.2. The first-order valence-corrected chi connectivity index (χ1v) is 8.53. The molecule has 0 spiro atoms. The summed E-state index contributed by atoms with van der Waals surface area (Å²) < 4.78 is 15.7. The first-order valence-electron chi connectivity index (χ1n) is 8.53. The highest BCUT2D eigenvalue weighted by Gasteiger charge is 2.19. The predicted molar refractivity (Wildman–Crippen MR) is 101 cm³/mol. The lowest BCUT2D eigenvalue weighted by molar-refractivity contribution is 0.0527. The van der Waals surface area contributed by atoms with Crippen LogP contribution in [0.4, 0.5) is 11.4 Å². The summed E-state index contributed by atoms with van der Waals surface area (Å²) in [5, 5.41) is 3.22. The van der Waals surface area contributed by atoms with Gasteiger partial charge in [0.2, 0.25) is 5.88 Å². The zero-order valence-electron chi connectivity index (χ0n) is 15.4. The van der Waals surface area contributed by atoms with E-state index in [2.05, 4.69) is 20.3 Å². The SMILES string of the molecule is CCOC(=O)c1cnc2nc(OCC)cnc2c1Nc1ccc(OC)cc1. The highest BCUT2D eigenvalue weighted by atomic mass is 16.5. The normalized spacial score (nSPS) is 10.5. The maximum atomic E-state index is 12.4. The first kappa shape index (κ1) is 18.4. The Morgan fingerprint density at radius 2 is 1.85 bits per heavy atom. The van der Waals surface area contributed by atoms with Crippen LogP contribution in [-0.4, -0.2) is 41.2 Å². The van der Waals surface area contributed by atoms with Crippen molar-refractivity contribution in [1.82, 2.24) is 15.0 Å². The number of esters is 1. The van der Waals surface area contributed by atoms with E-state index in [4.69, 9.17) is 14.2 Å². The molecule has 8 heteroatoms. The Labute approximate surface area is 156 Å². The van der Waals surface area contributed by atoms with Crippen LogP contribution in [0.3, 0.4) is 0 Å². The van der Waals surface area contributed by atoms with E-state index >= 15 is 0 Å². The smallest absolute Gasteiger partial charge is 0.341 e. The van der Waals surface area contributed by atoms with Gasteiger partial charge in [0.15, 0.2) is 5.65 Å². The van der Waals surface area contributed by atoms with Crippen LogP contribution in [0.2, 0.25) is 0 Å². The zero-order valence-corrected chi connectivity index (χ0v) is 15.4. The molecule has 27 heavy (non-hydrogen) atoms. The van der Waals surface area contributed by atoms with Crippen LogP contribution in [0.25, 0.3) is 11.2 Å². The molecule has 0 aliphatic heterocycles. The Morgan fingerprint density at radius 1 is 1.07 bits per heavy atom. The van der Waals surface area contributed by atoms with Crippen LogP contribution in [0.15, 0.2) is 36.7 Å². The third-order valence-corrected chi connectivity index (χ3v) is 3.70. The molecule has 0 amide bonds. The number of carbonyl (C=O) groups is 1. The number of nitrogens with zero attached hydrogens (tertiary/aromatic N) is 3. The molecule has 0 atom stereocenters. The number of carbonyl (C=O) groups excluding carboxylic acids is 1. The molecule has 0 saturated carbocycles. The molecule has 2 aromatic heterocycles. The van der Waals surface area contributed by atoms with Crippen LogP contribution >= 0.6 is 0 Å². The van der Waals surface area contributed by atoms with Crippen molar-refractivity contribution < 1.29 is 19.0 Å². The van der Waals surface area contributed by atoms with Crippen molar-refractivity contribution in [2.75, 3.05) is 25.6 Å².